The summed E-state index contributed by atoms with van der Waals surface area (Å²) in [6, 6.07) is 14.0. The molecule has 0 unspecified atom stereocenters. The Morgan fingerprint density at radius 2 is 1.92 bits per heavy atom. The van der Waals surface area contributed by atoms with Crippen molar-refractivity contribution in [2.24, 2.45) is 16.3 Å². The van der Waals surface area contributed by atoms with Crippen molar-refractivity contribution >= 4 is 34.1 Å². The number of nitrogens with zero attached hydrogens (tertiary/aromatic N) is 1. The number of benzene rings is 2. The molecule has 0 radical (unpaired) electrons. The lowest BCUT2D eigenvalue weighted by atomic mass is 9.72. The maximum atomic E-state index is 13.4. The average molecular weight is 513 g/mol. The van der Waals surface area contributed by atoms with E-state index in [0.717, 1.165) is 30.5 Å². The van der Waals surface area contributed by atoms with Crippen LogP contribution < -0.4 is 14.8 Å². The van der Waals surface area contributed by atoms with Crippen LogP contribution in [0, 0.1) is 11.3 Å². The molecule has 1 amide bonds. The third-order valence-electron chi connectivity index (χ3n) is 6.46. The van der Waals surface area contributed by atoms with Crippen LogP contribution in [0.15, 0.2) is 53.5 Å². The quantitative estimate of drug-likeness (QED) is 0.333. The minimum atomic E-state index is -2.95. The fourth-order valence-corrected chi connectivity index (χ4v) is 5.71. The van der Waals surface area contributed by atoms with Crippen LogP contribution in [0.2, 0.25) is 0 Å². The number of fused-ring (bicyclic) bond motifs is 1. The molecule has 1 aliphatic carbocycles. The van der Waals surface area contributed by atoms with Crippen molar-refractivity contribution in [1.82, 2.24) is 0 Å². The summed E-state index contributed by atoms with van der Waals surface area (Å²) in [4.78, 5) is 19.3. The summed E-state index contributed by atoms with van der Waals surface area (Å²) in [5.41, 5.74) is 3.21. The summed E-state index contributed by atoms with van der Waals surface area (Å²) in [5.74, 6) is 0.475. The molecule has 1 heterocycles. The minimum Gasteiger partial charge on any atom is -0.493 e. The molecule has 2 aromatic carbocycles. The second-order valence-corrected chi connectivity index (χ2v) is 10.9. The first-order valence-corrected chi connectivity index (χ1v) is 12.6. The molecular formula is C28H30F2N2O3S. The van der Waals surface area contributed by atoms with E-state index in [9.17, 15) is 13.6 Å². The monoisotopic (exact) mass is 512 g/mol. The number of amides is 1. The lowest BCUT2D eigenvalue weighted by Crippen LogP contribution is -2.27. The SMILES string of the molecule is COc1cc(C=Nc2sc3c(c2C(=O)Nc2ccccc2)CC[C@H](C(C)(C)C)C3)ccc1OC(F)F. The van der Waals surface area contributed by atoms with E-state index in [1.807, 2.05) is 30.3 Å². The minimum absolute atomic E-state index is 0.0487. The van der Waals surface area contributed by atoms with Crippen LogP contribution in [-0.4, -0.2) is 25.8 Å². The highest BCUT2D eigenvalue weighted by Gasteiger charge is 2.33. The number of para-hydroxylation sites is 1. The smallest absolute Gasteiger partial charge is 0.387 e. The molecule has 1 N–H and O–H groups in total. The van der Waals surface area contributed by atoms with Crippen LogP contribution in [0.25, 0.3) is 0 Å². The number of hydrogen-bond acceptors (Lipinski definition) is 5. The van der Waals surface area contributed by atoms with Gasteiger partial charge in [-0.25, -0.2) is 4.99 Å². The summed E-state index contributed by atoms with van der Waals surface area (Å²) < 4.78 is 35.0. The highest BCUT2D eigenvalue weighted by atomic mass is 32.1. The molecule has 0 saturated carbocycles. The van der Waals surface area contributed by atoms with E-state index in [1.165, 1.54) is 18.1 Å². The molecule has 1 aromatic heterocycles. The topological polar surface area (TPSA) is 59.9 Å². The van der Waals surface area contributed by atoms with Gasteiger partial charge in [-0.05, 0) is 72.1 Å². The van der Waals surface area contributed by atoms with Crippen LogP contribution in [0.1, 0.15) is 53.6 Å². The van der Waals surface area contributed by atoms with E-state index in [1.54, 1.807) is 29.7 Å². The molecule has 4 rings (SSSR count). The van der Waals surface area contributed by atoms with Crippen molar-refractivity contribution < 1.29 is 23.0 Å². The zero-order valence-corrected chi connectivity index (χ0v) is 21.6. The van der Waals surface area contributed by atoms with Crippen molar-refractivity contribution in [3.05, 3.63) is 70.1 Å². The second kappa shape index (κ2) is 10.8. The number of hydrogen-bond donors (Lipinski definition) is 1. The van der Waals surface area contributed by atoms with Crippen LogP contribution in [0.4, 0.5) is 19.5 Å². The van der Waals surface area contributed by atoms with Gasteiger partial charge in [0.25, 0.3) is 5.91 Å². The van der Waals surface area contributed by atoms with E-state index < -0.39 is 6.61 Å². The molecule has 190 valence electrons. The lowest BCUT2D eigenvalue weighted by molar-refractivity contribution is -0.0512. The van der Waals surface area contributed by atoms with Crippen molar-refractivity contribution in [2.45, 2.75) is 46.6 Å². The third kappa shape index (κ3) is 5.93. The molecule has 0 aliphatic heterocycles. The Morgan fingerprint density at radius 3 is 2.58 bits per heavy atom. The standard InChI is InChI=1S/C28H30F2N2O3S/c1-28(2,3)18-11-12-20-23(15-18)36-26(24(20)25(33)32-19-8-6-5-7-9-19)31-16-17-10-13-21(35-27(29)30)22(14-17)34-4/h5-10,13-14,16,18,27H,11-12,15H2,1-4H3,(H,32,33)/t18-/m0/s1. The van der Waals surface area contributed by atoms with Gasteiger partial charge in [0.1, 0.15) is 5.00 Å². The van der Waals surface area contributed by atoms with Gasteiger partial charge in [-0.2, -0.15) is 8.78 Å². The number of alkyl halides is 2. The number of aliphatic imine (C=N–C) groups is 1. The first-order valence-electron chi connectivity index (χ1n) is 11.8. The zero-order valence-electron chi connectivity index (χ0n) is 20.8. The van der Waals surface area contributed by atoms with Gasteiger partial charge in [0, 0.05) is 16.8 Å². The predicted molar refractivity (Wildman–Crippen MR) is 141 cm³/mol. The molecule has 0 bridgehead atoms. The number of rotatable bonds is 7. The average Bonchev–Trinajstić information content (AvgIpc) is 3.21. The Kier molecular flexibility index (Phi) is 7.73. The summed E-state index contributed by atoms with van der Waals surface area (Å²) in [6.45, 7) is 3.83. The molecule has 0 fully saturated rings. The molecule has 3 aromatic rings. The molecule has 5 nitrogen and oxygen atoms in total. The predicted octanol–water partition coefficient (Wildman–Crippen LogP) is 7.51. The van der Waals surface area contributed by atoms with Gasteiger partial charge in [-0.3, -0.25) is 4.79 Å². The first kappa shape index (κ1) is 25.8. The van der Waals surface area contributed by atoms with Crippen LogP contribution >= 0.6 is 11.3 Å². The van der Waals surface area contributed by atoms with Gasteiger partial charge in [-0.1, -0.05) is 39.0 Å². The van der Waals surface area contributed by atoms with E-state index in [-0.39, 0.29) is 22.8 Å². The van der Waals surface area contributed by atoms with E-state index in [0.29, 0.717) is 22.0 Å². The molecular weight excluding hydrogens is 482 g/mol. The molecule has 36 heavy (non-hydrogen) atoms. The first-order chi connectivity index (χ1) is 17.2. The third-order valence-corrected chi connectivity index (χ3v) is 7.63. The number of carbonyl (C=O) groups excluding carboxylic acids is 1. The Hall–Kier alpha value is -3.26. The number of ether oxygens (including phenoxy) is 2. The van der Waals surface area contributed by atoms with Crippen molar-refractivity contribution in [3.8, 4) is 11.5 Å². The van der Waals surface area contributed by atoms with Crippen LogP contribution in [0.3, 0.4) is 0 Å². The Balaban J connectivity index is 1.68. The van der Waals surface area contributed by atoms with E-state index >= 15 is 0 Å². The van der Waals surface area contributed by atoms with E-state index in [2.05, 4.69) is 35.8 Å². The maximum absolute atomic E-state index is 13.4. The Bertz CT molecular complexity index is 1250. The van der Waals surface area contributed by atoms with Crippen LogP contribution in [0.5, 0.6) is 11.5 Å². The molecule has 8 heteroatoms. The fourth-order valence-electron chi connectivity index (χ4n) is 4.44. The Morgan fingerprint density at radius 1 is 1.17 bits per heavy atom. The van der Waals surface area contributed by atoms with Gasteiger partial charge in [0.2, 0.25) is 0 Å². The van der Waals surface area contributed by atoms with Crippen molar-refractivity contribution in [1.29, 1.82) is 0 Å². The van der Waals surface area contributed by atoms with Crippen molar-refractivity contribution in [3.63, 3.8) is 0 Å². The van der Waals surface area contributed by atoms with Gasteiger partial charge < -0.3 is 14.8 Å². The summed E-state index contributed by atoms with van der Waals surface area (Å²) in [6.07, 6.45) is 4.38. The van der Waals surface area contributed by atoms with Gasteiger partial charge in [-0.15, -0.1) is 11.3 Å². The highest BCUT2D eigenvalue weighted by molar-refractivity contribution is 7.16. The van der Waals surface area contributed by atoms with Gasteiger partial charge in [0.15, 0.2) is 11.5 Å². The molecule has 0 spiro atoms. The van der Waals surface area contributed by atoms with Crippen molar-refractivity contribution in [2.75, 3.05) is 12.4 Å². The summed E-state index contributed by atoms with van der Waals surface area (Å²) in [5, 5.41) is 3.64. The lowest BCUT2D eigenvalue weighted by Gasteiger charge is -2.33. The fraction of sp³-hybridized carbons (Fsp3) is 0.357. The zero-order chi connectivity index (χ0) is 25.9. The molecule has 0 saturated heterocycles. The normalized spacial score (nSPS) is 15.7. The van der Waals surface area contributed by atoms with Crippen LogP contribution in [-0.2, 0) is 12.8 Å². The largest absolute Gasteiger partial charge is 0.493 e. The highest BCUT2D eigenvalue weighted by Crippen LogP contribution is 2.45. The number of methoxy groups -OCH3 is 1. The van der Waals surface area contributed by atoms with Gasteiger partial charge >= 0.3 is 6.61 Å². The molecule has 1 atom stereocenters. The Labute approximate surface area is 214 Å². The number of nitrogens with one attached hydrogen (secondary N) is 1. The maximum Gasteiger partial charge on any atom is 0.387 e. The summed E-state index contributed by atoms with van der Waals surface area (Å²) in [7, 11) is 1.39. The second-order valence-electron chi connectivity index (χ2n) is 9.86. The number of thiophene rings is 1. The number of anilines is 1. The molecule has 1 aliphatic rings. The number of carbonyl (C=O) groups is 1. The summed E-state index contributed by atoms with van der Waals surface area (Å²) >= 11 is 1.55. The number of halogens is 2. The van der Waals surface area contributed by atoms with E-state index in [4.69, 9.17) is 4.74 Å². The van der Waals surface area contributed by atoms with Gasteiger partial charge in [0.05, 0.1) is 12.7 Å².